The van der Waals surface area contributed by atoms with Gasteiger partial charge in [0.15, 0.2) is 0 Å². The van der Waals surface area contributed by atoms with Crippen LogP contribution in [0.3, 0.4) is 0 Å². The highest BCUT2D eigenvalue weighted by molar-refractivity contribution is 6.15. The van der Waals surface area contributed by atoms with Gasteiger partial charge in [-0.15, -0.1) is 0 Å². The number of hydrogen-bond acceptors (Lipinski definition) is 4. The normalized spacial score (nSPS) is 12.8. The number of nitrogens with zero attached hydrogens (tertiary/aromatic N) is 3. The van der Waals surface area contributed by atoms with Crippen molar-refractivity contribution in [3.05, 3.63) is 0 Å². The van der Waals surface area contributed by atoms with E-state index in [9.17, 15) is 0 Å². The predicted molar refractivity (Wildman–Crippen MR) is 53.6 cm³/mol. The second-order valence-corrected chi connectivity index (χ2v) is 3.75. The molecule has 0 fully saturated rings. The van der Waals surface area contributed by atoms with E-state index in [1.54, 1.807) is 17.4 Å². The summed E-state index contributed by atoms with van der Waals surface area (Å²) in [5.74, 6) is 0. The van der Waals surface area contributed by atoms with Gasteiger partial charge in [-0.05, 0) is 20.8 Å². The highest BCUT2D eigenvalue weighted by atomic mass is 15.4. The van der Waals surface area contributed by atoms with Crippen molar-refractivity contribution in [2.75, 3.05) is 14.1 Å². The van der Waals surface area contributed by atoms with Gasteiger partial charge in [-0.3, -0.25) is 0 Å². The van der Waals surface area contributed by atoms with E-state index in [4.69, 9.17) is 0 Å². The van der Waals surface area contributed by atoms with Crippen LogP contribution in [-0.2, 0) is 0 Å². The van der Waals surface area contributed by atoms with Gasteiger partial charge in [0.25, 0.3) is 0 Å². The lowest BCUT2D eigenvalue weighted by Crippen LogP contribution is -2.31. The molecule has 70 valence electrons. The molecule has 4 nitrogen and oxygen atoms in total. The van der Waals surface area contributed by atoms with Crippen molar-refractivity contribution in [3.8, 4) is 0 Å². The average Bonchev–Trinajstić information content (AvgIpc) is 1.83. The molecule has 0 aromatic rings. The van der Waals surface area contributed by atoms with E-state index in [0.29, 0.717) is 0 Å². The third-order valence-electron chi connectivity index (χ3n) is 0.839. The van der Waals surface area contributed by atoms with E-state index in [2.05, 4.69) is 15.6 Å². The largest absolute Gasteiger partial charge is 0.305 e. The van der Waals surface area contributed by atoms with Crippen molar-refractivity contribution in [2.24, 2.45) is 10.2 Å². The Morgan fingerprint density at radius 3 is 2.17 bits per heavy atom. The molecule has 0 aliphatic rings. The van der Waals surface area contributed by atoms with Gasteiger partial charge >= 0.3 is 0 Å². The summed E-state index contributed by atoms with van der Waals surface area (Å²) in [6.45, 7) is 6.15. The van der Waals surface area contributed by atoms with Gasteiger partial charge in [0.05, 0.1) is 12.4 Å². The van der Waals surface area contributed by atoms with Crippen molar-refractivity contribution in [1.29, 1.82) is 0 Å². The summed E-state index contributed by atoms with van der Waals surface area (Å²) >= 11 is 0. The van der Waals surface area contributed by atoms with E-state index in [1.165, 1.54) is 0 Å². The fourth-order valence-electron chi connectivity index (χ4n) is 0.427. The van der Waals surface area contributed by atoms with Gasteiger partial charge in [0, 0.05) is 19.6 Å². The lowest BCUT2D eigenvalue weighted by Gasteiger charge is -2.16. The minimum atomic E-state index is 0.0163. The summed E-state index contributed by atoms with van der Waals surface area (Å²) in [5, 5.41) is 9.64. The molecule has 0 aliphatic carbocycles. The van der Waals surface area contributed by atoms with Gasteiger partial charge in [0.1, 0.15) is 0 Å². The quantitative estimate of drug-likeness (QED) is 0.505. The molecular formula is C8H18N4. The third-order valence-corrected chi connectivity index (χ3v) is 0.839. The summed E-state index contributed by atoms with van der Waals surface area (Å²) in [7, 11) is 3.73. The first-order chi connectivity index (χ1) is 5.42. The van der Waals surface area contributed by atoms with Crippen molar-refractivity contribution < 1.29 is 0 Å². The van der Waals surface area contributed by atoms with Crippen LogP contribution >= 0.6 is 0 Å². The summed E-state index contributed by atoms with van der Waals surface area (Å²) in [6.07, 6.45) is 3.27. The van der Waals surface area contributed by atoms with Crippen molar-refractivity contribution in [3.63, 3.8) is 0 Å². The average molecular weight is 170 g/mol. The first kappa shape index (κ1) is 10.9. The number of rotatable bonds is 3. The summed E-state index contributed by atoms with van der Waals surface area (Å²) < 4.78 is 0. The van der Waals surface area contributed by atoms with Crippen LogP contribution in [0.4, 0.5) is 0 Å². The van der Waals surface area contributed by atoms with Crippen molar-refractivity contribution in [1.82, 2.24) is 10.4 Å². The zero-order valence-corrected chi connectivity index (χ0v) is 8.50. The molecule has 12 heavy (non-hydrogen) atoms. The Kier molecular flexibility index (Phi) is 4.33. The van der Waals surface area contributed by atoms with Gasteiger partial charge in [-0.2, -0.15) is 10.2 Å². The molecule has 0 unspecified atom stereocenters. The fourth-order valence-corrected chi connectivity index (χ4v) is 0.427. The highest BCUT2D eigenvalue weighted by Crippen LogP contribution is 1.96. The summed E-state index contributed by atoms with van der Waals surface area (Å²) in [5.41, 5.74) is 2.97. The van der Waals surface area contributed by atoms with E-state index in [1.807, 2.05) is 34.9 Å². The minimum Gasteiger partial charge on any atom is -0.305 e. The van der Waals surface area contributed by atoms with Crippen LogP contribution in [0.2, 0.25) is 0 Å². The number of hydrazone groups is 2. The maximum Gasteiger partial charge on any atom is 0.0670 e. The van der Waals surface area contributed by atoms with Gasteiger partial charge in [0.2, 0.25) is 0 Å². The zero-order valence-electron chi connectivity index (χ0n) is 8.50. The molecular weight excluding hydrogens is 152 g/mol. The number of hydrogen-bond donors (Lipinski definition) is 1. The Balaban J connectivity index is 3.64. The first-order valence-corrected chi connectivity index (χ1v) is 3.92. The van der Waals surface area contributed by atoms with Gasteiger partial charge < -0.3 is 10.4 Å². The molecule has 0 aromatic heterocycles. The monoisotopic (exact) mass is 170 g/mol. The molecule has 0 heterocycles. The Morgan fingerprint density at radius 1 is 1.17 bits per heavy atom. The van der Waals surface area contributed by atoms with E-state index in [-0.39, 0.29) is 5.54 Å². The maximum absolute atomic E-state index is 3.96. The molecule has 0 aromatic carbocycles. The topological polar surface area (TPSA) is 40.0 Å². The third kappa shape index (κ3) is 8.94. The van der Waals surface area contributed by atoms with E-state index in [0.717, 1.165) is 0 Å². The van der Waals surface area contributed by atoms with Crippen LogP contribution < -0.4 is 5.43 Å². The van der Waals surface area contributed by atoms with Crippen LogP contribution in [0.5, 0.6) is 0 Å². The lowest BCUT2D eigenvalue weighted by atomic mass is 10.1. The fraction of sp³-hybridized carbons (Fsp3) is 0.750. The Morgan fingerprint density at radius 2 is 1.75 bits per heavy atom. The van der Waals surface area contributed by atoms with Crippen LogP contribution in [-0.4, -0.2) is 37.1 Å². The van der Waals surface area contributed by atoms with E-state index < -0.39 is 0 Å². The van der Waals surface area contributed by atoms with Crippen LogP contribution in [0.25, 0.3) is 0 Å². The predicted octanol–water partition coefficient (Wildman–Crippen LogP) is 0.908. The smallest absolute Gasteiger partial charge is 0.0670 e. The Hall–Kier alpha value is -1.06. The summed E-state index contributed by atoms with van der Waals surface area (Å²) in [4.78, 5) is 0. The molecule has 4 heteroatoms. The van der Waals surface area contributed by atoms with Crippen molar-refractivity contribution >= 4 is 12.4 Å². The Bertz CT molecular complexity index is 164. The maximum atomic E-state index is 3.96. The second-order valence-electron chi connectivity index (χ2n) is 3.75. The van der Waals surface area contributed by atoms with Gasteiger partial charge in [-0.1, -0.05) is 0 Å². The SMILES string of the molecule is CN(C)N=CC=NNC(C)(C)C. The van der Waals surface area contributed by atoms with E-state index >= 15 is 0 Å². The van der Waals surface area contributed by atoms with Gasteiger partial charge in [-0.25, -0.2) is 0 Å². The Labute approximate surface area is 74.3 Å². The molecule has 0 saturated carbocycles. The molecule has 0 saturated heterocycles. The van der Waals surface area contributed by atoms with Crippen LogP contribution in [0.15, 0.2) is 10.2 Å². The zero-order chi connectivity index (χ0) is 9.61. The molecule has 0 rings (SSSR count). The lowest BCUT2D eigenvalue weighted by molar-refractivity contribution is 0.439. The summed E-state index contributed by atoms with van der Waals surface area (Å²) in [6, 6.07) is 0. The molecule has 0 spiro atoms. The molecule has 0 aliphatic heterocycles. The standard InChI is InChI=1S/C8H18N4/c1-8(2,3)11-9-6-7-10-12(4)5/h6-7,11H,1-5H3. The molecule has 0 atom stereocenters. The second kappa shape index (κ2) is 4.74. The van der Waals surface area contributed by atoms with Crippen LogP contribution in [0.1, 0.15) is 20.8 Å². The van der Waals surface area contributed by atoms with Crippen molar-refractivity contribution in [2.45, 2.75) is 26.3 Å². The van der Waals surface area contributed by atoms with Crippen LogP contribution in [0, 0.1) is 0 Å². The molecule has 0 radical (unpaired) electrons. The molecule has 1 N–H and O–H groups in total. The minimum absolute atomic E-state index is 0.0163. The first-order valence-electron chi connectivity index (χ1n) is 3.92. The number of nitrogens with one attached hydrogen (secondary N) is 1. The molecule has 0 bridgehead atoms. The molecule has 0 amide bonds. The highest BCUT2D eigenvalue weighted by Gasteiger charge is 2.04.